The molecule has 1 saturated carbocycles. The predicted molar refractivity (Wildman–Crippen MR) is 75.6 cm³/mol. The van der Waals surface area contributed by atoms with Gasteiger partial charge in [0.1, 0.15) is 5.82 Å². The zero-order valence-electron chi connectivity index (χ0n) is 11.3. The van der Waals surface area contributed by atoms with E-state index < -0.39 is 0 Å². The van der Waals surface area contributed by atoms with Crippen LogP contribution in [0.2, 0.25) is 0 Å². The Balaban J connectivity index is 1.93. The lowest BCUT2D eigenvalue weighted by molar-refractivity contribution is 0.364. The summed E-state index contributed by atoms with van der Waals surface area (Å²) in [6.45, 7) is 0. The highest BCUT2D eigenvalue weighted by Gasteiger charge is 2.27. The van der Waals surface area contributed by atoms with Gasteiger partial charge in [-0.05, 0) is 12.8 Å². The summed E-state index contributed by atoms with van der Waals surface area (Å²) in [5.74, 6) is 2.19. The topological polar surface area (TPSA) is 56.7 Å². The third-order valence-corrected chi connectivity index (χ3v) is 3.98. The molecule has 3 rings (SSSR count). The van der Waals surface area contributed by atoms with Gasteiger partial charge in [0.05, 0.1) is 0 Å². The molecule has 0 radical (unpaired) electrons. The van der Waals surface area contributed by atoms with Gasteiger partial charge in [-0.25, -0.2) is 4.98 Å². The van der Waals surface area contributed by atoms with Crippen molar-refractivity contribution in [2.75, 3.05) is 0 Å². The van der Waals surface area contributed by atoms with E-state index >= 15 is 0 Å². The molecule has 2 aromatic rings. The number of aromatic nitrogens is 3. The van der Waals surface area contributed by atoms with Crippen LogP contribution >= 0.6 is 0 Å². The summed E-state index contributed by atoms with van der Waals surface area (Å²) in [6, 6.07) is 10.3. The molecule has 19 heavy (non-hydrogen) atoms. The number of benzene rings is 1. The van der Waals surface area contributed by atoms with Crippen LogP contribution in [-0.2, 0) is 7.05 Å². The summed E-state index contributed by atoms with van der Waals surface area (Å²) in [7, 11) is 1.97. The van der Waals surface area contributed by atoms with Gasteiger partial charge in [0.2, 0.25) is 0 Å². The van der Waals surface area contributed by atoms with Gasteiger partial charge in [0, 0.05) is 24.6 Å². The molecule has 1 aliphatic carbocycles. The van der Waals surface area contributed by atoms with Crippen LogP contribution in [-0.4, -0.2) is 20.8 Å². The standard InChI is InChI=1S/C15H20N4/c1-19-15(12-9-5-6-10-13(12)16)17-14(18-19)11-7-3-2-4-8-11/h2-4,7-8,12-13H,5-6,9-10,16H2,1H3. The molecule has 1 aromatic carbocycles. The molecule has 4 heteroatoms. The first-order valence-corrected chi connectivity index (χ1v) is 6.97. The van der Waals surface area contributed by atoms with Crippen molar-refractivity contribution < 1.29 is 0 Å². The monoisotopic (exact) mass is 256 g/mol. The van der Waals surface area contributed by atoms with Crippen molar-refractivity contribution in [1.29, 1.82) is 0 Å². The maximum atomic E-state index is 6.25. The minimum Gasteiger partial charge on any atom is -0.327 e. The molecule has 1 heterocycles. The van der Waals surface area contributed by atoms with E-state index in [0.29, 0.717) is 5.92 Å². The summed E-state index contributed by atoms with van der Waals surface area (Å²) in [5.41, 5.74) is 7.31. The lowest BCUT2D eigenvalue weighted by Gasteiger charge is -2.27. The minimum absolute atomic E-state index is 0.222. The van der Waals surface area contributed by atoms with Crippen LogP contribution in [0.5, 0.6) is 0 Å². The molecule has 0 bridgehead atoms. The normalized spacial score (nSPS) is 23.5. The smallest absolute Gasteiger partial charge is 0.181 e. The van der Waals surface area contributed by atoms with Gasteiger partial charge in [0.15, 0.2) is 5.82 Å². The van der Waals surface area contributed by atoms with E-state index in [1.807, 2.05) is 42.1 Å². The van der Waals surface area contributed by atoms with E-state index in [-0.39, 0.29) is 6.04 Å². The second-order valence-corrected chi connectivity index (χ2v) is 5.34. The maximum Gasteiger partial charge on any atom is 0.181 e. The fraction of sp³-hybridized carbons (Fsp3) is 0.467. The Morgan fingerprint density at radius 1 is 1.16 bits per heavy atom. The van der Waals surface area contributed by atoms with Crippen LogP contribution in [0, 0.1) is 0 Å². The van der Waals surface area contributed by atoms with Crippen LogP contribution in [0.3, 0.4) is 0 Å². The number of hydrogen-bond acceptors (Lipinski definition) is 3. The Labute approximate surface area is 113 Å². The van der Waals surface area contributed by atoms with Crippen molar-refractivity contribution in [1.82, 2.24) is 14.8 Å². The molecular weight excluding hydrogens is 236 g/mol. The zero-order chi connectivity index (χ0) is 13.2. The van der Waals surface area contributed by atoms with Crippen molar-refractivity contribution in [3.05, 3.63) is 36.2 Å². The third-order valence-electron chi connectivity index (χ3n) is 3.98. The van der Waals surface area contributed by atoms with E-state index in [4.69, 9.17) is 10.7 Å². The highest BCUT2D eigenvalue weighted by atomic mass is 15.3. The van der Waals surface area contributed by atoms with Crippen LogP contribution < -0.4 is 5.73 Å². The number of nitrogens with zero attached hydrogens (tertiary/aromatic N) is 3. The Hall–Kier alpha value is -1.68. The Morgan fingerprint density at radius 2 is 1.89 bits per heavy atom. The van der Waals surface area contributed by atoms with Crippen molar-refractivity contribution in [3.8, 4) is 11.4 Å². The predicted octanol–water partition coefficient (Wildman–Crippen LogP) is 2.47. The maximum absolute atomic E-state index is 6.25. The summed E-state index contributed by atoms with van der Waals surface area (Å²) >= 11 is 0. The minimum atomic E-state index is 0.222. The van der Waals surface area contributed by atoms with Crippen LogP contribution in [0.1, 0.15) is 37.4 Å². The molecule has 4 nitrogen and oxygen atoms in total. The van der Waals surface area contributed by atoms with E-state index in [9.17, 15) is 0 Å². The highest BCUT2D eigenvalue weighted by Crippen LogP contribution is 2.31. The molecule has 0 amide bonds. The first-order chi connectivity index (χ1) is 9.25. The molecule has 2 atom stereocenters. The van der Waals surface area contributed by atoms with Crippen LogP contribution in [0.4, 0.5) is 0 Å². The Morgan fingerprint density at radius 3 is 2.63 bits per heavy atom. The van der Waals surface area contributed by atoms with Gasteiger partial charge in [-0.1, -0.05) is 43.2 Å². The fourth-order valence-electron chi connectivity index (χ4n) is 2.91. The van der Waals surface area contributed by atoms with Crippen molar-refractivity contribution in [2.24, 2.45) is 12.8 Å². The number of hydrogen-bond donors (Lipinski definition) is 1. The molecule has 0 spiro atoms. The van der Waals surface area contributed by atoms with Crippen LogP contribution in [0.15, 0.2) is 30.3 Å². The van der Waals surface area contributed by atoms with Gasteiger partial charge in [0.25, 0.3) is 0 Å². The van der Waals surface area contributed by atoms with Crippen LogP contribution in [0.25, 0.3) is 11.4 Å². The Kier molecular flexibility index (Phi) is 3.34. The number of rotatable bonds is 2. The molecule has 0 saturated heterocycles. The van der Waals surface area contributed by atoms with E-state index in [2.05, 4.69) is 5.10 Å². The number of aryl methyl sites for hydroxylation is 1. The van der Waals surface area contributed by atoms with E-state index in [1.165, 1.54) is 12.8 Å². The molecule has 100 valence electrons. The van der Waals surface area contributed by atoms with Gasteiger partial charge < -0.3 is 5.73 Å². The summed E-state index contributed by atoms with van der Waals surface area (Å²) < 4.78 is 1.90. The Bertz CT molecular complexity index is 547. The summed E-state index contributed by atoms with van der Waals surface area (Å²) in [5, 5.41) is 4.54. The average molecular weight is 256 g/mol. The first-order valence-electron chi connectivity index (χ1n) is 6.97. The van der Waals surface area contributed by atoms with E-state index in [0.717, 1.165) is 30.1 Å². The summed E-state index contributed by atoms with van der Waals surface area (Å²) in [6.07, 6.45) is 4.70. The number of nitrogens with two attached hydrogens (primary N) is 1. The van der Waals surface area contributed by atoms with Gasteiger partial charge >= 0.3 is 0 Å². The SMILES string of the molecule is Cn1nc(-c2ccccc2)nc1C1CCCCC1N. The molecule has 2 N–H and O–H groups in total. The molecule has 1 aliphatic rings. The highest BCUT2D eigenvalue weighted by molar-refractivity contribution is 5.54. The second-order valence-electron chi connectivity index (χ2n) is 5.34. The second kappa shape index (κ2) is 5.13. The van der Waals surface area contributed by atoms with Gasteiger partial charge in [-0.3, -0.25) is 4.68 Å². The molecule has 1 aromatic heterocycles. The summed E-state index contributed by atoms with van der Waals surface area (Å²) in [4.78, 5) is 4.73. The zero-order valence-corrected chi connectivity index (χ0v) is 11.3. The molecule has 2 unspecified atom stereocenters. The largest absolute Gasteiger partial charge is 0.327 e. The molecule has 1 fully saturated rings. The third kappa shape index (κ3) is 2.40. The van der Waals surface area contributed by atoms with Crippen molar-refractivity contribution in [2.45, 2.75) is 37.6 Å². The van der Waals surface area contributed by atoms with Crippen molar-refractivity contribution in [3.63, 3.8) is 0 Å². The molecule has 0 aliphatic heterocycles. The fourth-order valence-corrected chi connectivity index (χ4v) is 2.91. The lowest BCUT2D eigenvalue weighted by atomic mass is 9.84. The quantitative estimate of drug-likeness (QED) is 0.898. The van der Waals surface area contributed by atoms with E-state index in [1.54, 1.807) is 0 Å². The van der Waals surface area contributed by atoms with Gasteiger partial charge in [-0.2, -0.15) is 5.10 Å². The van der Waals surface area contributed by atoms with Crippen molar-refractivity contribution >= 4 is 0 Å². The molecular formula is C15H20N4. The average Bonchev–Trinajstić information content (AvgIpc) is 2.82. The van der Waals surface area contributed by atoms with Gasteiger partial charge in [-0.15, -0.1) is 0 Å². The first kappa shape index (κ1) is 12.4. The lowest BCUT2D eigenvalue weighted by Crippen LogP contribution is -2.33.